The molecule has 2 rings (SSSR count). The molecular formula is C22H28BrNO5. The lowest BCUT2D eigenvalue weighted by molar-refractivity contribution is -0.120. The lowest BCUT2D eigenvalue weighted by atomic mass is 10.1. The van der Waals surface area contributed by atoms with Crippen molar-refractivity contribution in [3.63, 3.8) is 0 Å². The van der Waals surface area contributed by atoms with Crippen LogP contribution in [0, 0.1) is 0 Å². The van der Waals surface area contributed by atoms with Crippen molar-refractivity contribution >= 4 is 21.8 Å². The summed E-state index contributed by atoms with van der Waals surface area (Å²) in [4.78, 5) is 12.4. The summed E-state index contributed by atoms with van der Waals surface area (Å²) in [5, 5.41) is 2.96. The average molecular weight is 466 g/mol. The van der Waals surface area contributed by atoms with Crippen LogP contribution < -0.4 is 24.3 Å². The van der Waals surface area contributed by atoms with Gasteiger partial charge in [0.05, 0.1) is 33.9 Å². The van der Waals surface area contributed by atoms with Gasteiger partial charge in [0.15, 0.2) is 11.5 Å². The molecule has 0 fully saturated rings. The van der Waals surface area contributed by atoms with Crippen LogP contribution in [0.25, 0.3) is 0 Å². The van der Waals surface area contributed by atoms with E-state index in [2.05, 4.69) is 21.2 Å². The number of hydrogen-bond acceptors (Lipinski definition) is 5. The molecule has 1 amide bonds. The molecule has 29 heavy (non-hydrogen) atoms. The molecule has 0 aliphatic carbocycles. The van der Waals surface area contributed by atoms with Crippen molar-refractivity contribution in [3.05, 3.63) is 45.9 Å². The quantitative estimate of drug-likeness (QED) is 0.539. The van der Waals surface area contributed by atoms with E-state index in [-0.39, 0.29) is 12.3 Å². The van der Waals surface area contributed by atoms with Gasteiger partial charge in [-0.05, 0) is 49.6 Å². The minimum atomic E-state index is -0.0650. The van der Waals surface area contributed by atoms with E-state index in [4.69, 9.17) is 18.9 Å². The van der Waals surface area contributed by atoms with Crippen molar-refractivity contribution in [1.29, 1.82) is 0 Å². The molecule has 0 aliphatic heterocycles. The molecule has 158 valence electrons. The highest BCUT2D eigenvalue weighted by Crippen LogP contribution is 2.34. The largest absolute Gasteiger partial charge is 0.497 e. The molecule has 0 heterocycles. The number of halogens is 1. The van der Waals surface area contributed by atoms with Gasteiger partial charge < -0.3 is 24.3 Å². The van der Waals surface area contributed by atoms with Gasteiger partial charge in [-0.2, -0.15) is 0 Å². The van der Waals surface area contributed by atoms with Crippen LogP contribution in [-0.2, 0) is 17.6 Å². The number of nitrogens with one attached hydrogen (secondary N) is 1. The molecule has 2 aromatic rings. The first-order valence-electron chi connectivity index (χ1n) is 9.57. The number of ether oxygens (including phenoxy) is 4. The van der Waals surface area contributed by atoms with Crippen molar-refractivity contribution in [2.75, 3.05) is 34.0 Å². The van der Waals surface area contributed by atoms with E-state index in [0.717, 1.165) is 27.1 Å². The van der Waals surface area contributed by atoms with Gasteiger partial charge in [0, 0.05) is 17.1 Å². The summed E-state index contributed by atoms with van der Waals surface area (Å²) in [6.45, 7) is 5.41. The van der Waals surface area contributed by atoms with Crippen LogP contribution in [0.2, 0.25) is 0 Å². The van der Waals surface area contributed by atoms with Gasteiger partial charge in [0.25, 0.3) is 0 Å². The van der Waals surface area contributed by atoms with Crippen molar-refractivity contribution in [2.45, 2.75) is 26.7 Å². The van der Waals surface area contributed by atoms with Crippen molar-refractivity contribution < 1.29 is 23.7 Å². The third kappa shape index (κ3) is 6.56. The van der Waals surface area contributed by atoms with Crippen LogP contribution in [0.5, 0.6) is 23.0 Å². The first-order valence-corrected chi connectivity index (χ1v) is 10.4. The maximum atomic E-state index is 12.4. The minimum absolute atomic E-state index is 0.0650. The summed E-state index contributed by atoms with van der Waals surface area (Å²) < 4.78 is 22.7. The number of hydrogen-bond donors (Lipinski definition) is 1. The van der Waals surface area contributed by atoms with E-state index in [1.165, 1.54) is 0 Å². The Bertz CT molecular complexity index is 825. The zero-order valence-electron chi connectivity index (χ0n) is 17.3. The third-order valence-electron chi connectivity index (χ3n) is 4.27. The molecule has 0 atom stereocenters. The first-order chi connectivity index (χ1) is 14.0. The summed E-state index contributed by atoms with van der Waals surface area (Å²) in [5.41, 5.74) is 1.85. The van der Waals surface area contributed by atoms with Crippen LogP contribution in [0.15, 0.2) is 34.8 Å². The first kappa shape index (κ1) is 22.9. The Morgan fingerprint density at radius 1 is 0.931 bits per heavy atom. The zero-order chi connectivity index (χ0) is 21.2. The fourth-order valence-corrected chi connectivity index (χ4v) is 3.34. The highest BCUT2D eigenvalue weighted by atomic mass is 79.9. The molecule has 0 bridgehead atoms. The average Bonchev–Trinajstić information content (AvgIpc) is 2.71. The van der Waals surface area contributed by atoms with Crippen LogP contribution in [0.1, 0.15) is 25.0 Å². The molecule has 6 nitrogen and oxygen atoms in total. The summed E-state index contributed by atoms with van der Waals surface area (Å²) in [5.74, 6) is 2.72. The second-order valence-electron chi connectivity index (χ2n) is 6.21. The number of carbonyl (C=O) groups is 1. The summed E-state index contributed by atoms with van der Waals surface area (Å²) in [6, 6.07) is 9.36. The lowest BCUT2D eigenvalue weighted by Crippen LogP contribution is -2.27. The van der Waals surface area contributed by atoms with Gasteiger partial charge in [0.2, 0.25) is 5.91 Å². The fourth-order valence-electron chi connectivity index (χ4n) is 2.88. The Kier molecular flexibility index (Phi) is 9.12. The standard InChI is InChI=1S/C22H28BrNO5/c1-5-28-20-11-16(18(23)14-21(20)29-6-2)12-22(25)24-10-9-15-7-8-17(26-3)13-19(15)27-4/h7-8,11,13-14H,5-6,9-10,12H2,1-4H3,(H,24,25). The summed E-state index contributed by atoms with van der Waals surface area (Å²) >= 11 is 3.52. The molecule has 0 unspecified atom stereocenters. The molecule has 1 N–H and O–H groups in total. The number of amides is 1. The van der Waals surface area contributed by atoms with Crippen molar-refractivity contribution in [3.8, 4) is 23.0 Å². The highest BCUT2D eigenvalue weighted by Gasteiger charge is 2.14. The second-order valence-corrected chi connectivity index (χ2v) is 7.07. The Morgan fingerprint density at radius 3 is 2.24 bits per heavy atom. The molecule has 0 aromatic heterocycles. The minimum Gasteiger partial charge on any atom is -0.497 e. The number of rotatable bonds is 11. The number of carbonyl (C=O) groups excluding carboxylic acids is 1. The van der Waals surface area contributed by atoms with Gasteiger partial charge in [-0.1, -0.05) is 22.0 Å². The molecule has 0 radical (unpaired) electrons. The van der Waals surface area contributed by atoms with E-state index >= 15 is 0 Å². The van der Waals surface area contributed by atoms with E-state index in [1.54, 1.807) is 14.2 Å². The van der Waals surface area contributed by atoms with Gasteiger partial charge in [-0.25, -0.2) is 0 Å². The predicted molar refractivity (Wildman–Crippen MR) is 116 cm³/mol. The maximum absolute atomic E-state index is 12.4. The van der Waals surface area contributed by atoms with Crippen LogP contribution >= 0.6 is 15.9 Å². The van der Waals surface area contributed by atoms with Crippen molar-refractivity contribution in [1.82, 2.24) is 5.32 Å². The fraction of sp³-hybridized carbons (Fsp3) is 0.409. The van der Waals surface area contributed by atoms with Gasteiger partial charge in [0.1, 0.15) is 11.5 Å². The third-order valence-corrected chi connectivity index (χ3v) is 5.01. The molecule has 7 heteroatoms. The topological polar surface area (TPSA) is 66.0 Å². The number of benzene rings is 2. The van der Waals surface area contributed by atoms with E-state index in [0.29, 0.717) is 37.7 Å². The summed E-state index contributed by atoms with van der Waals surface area (Å²) in [6.07, 6.45) is 0.903. The molecular weight excluding hydrogens is 438 g/mol. The zero-order valence-corrected chi connectivity index (χ0v) is 18.9. The predicted octanol–water partition coefficient (Wildman–Crippen LogP) is 4.17. The smallest absolute Gasteiger partial charge is 0.224 e. The molecule has 2 aromatic carbocycles. The van der Waals surface area contributed by atoms with Gasteiger partial charge in [-0.3, -0.25) is 4.79 Å². The normalized spacial score (nSPS) is 10.4. The molecule has 0 saturated carbocycles. The van der Waals surface area contributed by atoms with Gasteiger partial charge >= 0.3 is 0 Å². The number of methoxy groups -OCH3 is 2. The van der Waals surface area contributed by atoms with Crippen LogP contribution in [0.4, 0.5) is 0 Å². The van der Waals surface area contributed by atoms with E-state index in [1.807, 2.05) is 44.2 Å². The van der Waals surface area contributed by atoms with Crippen molar-refractivity contribution in [2.24, 2.45) is 0 Å². The SMILES string of the molecule is CCOc1cc(Br)c(CC(=O)NCCc2ccc(OC)cc2OC)cc1OCC. The van der Waals surface area contributed by atoms with E-state index < -0.39 is 0 Å². The van der Waals surface area contributed by atoms with Gasteiger partial charge in [-0.15, -0.1) is 0 Å². The molecule has 0 aliphatic rings. The Morgan fingerprint density at radius 2 is 1.62 bits per heavy atom. The van der Waals surface area contributed by atoms with E-state index in [9.17, 15) is 4.79 Å². The second kappa shape index (κ2) is 11.6. The summed E-state index contributed by atoms with van der Waals surface area (Å²) in [7, 11) is 3.24. The molecule has 0 spiro atoms. The Balaban J connectivity index is 1.98. The van der Waals surface area contributed by atoms with Crippen LogP contribution in [0.3, 0.4) is 0 Å². The monoisotopic (exact) mass is 465 g/mol. The highest BCUT2D eigenvalue weighted by molar-refractivity contribution is 9.10. The Labute approximate surface area is 180 Å². The lowest BCUT2D eigenvalue weighted by Gasteiger charge is -2.14. The van der Waals surface area contributed by atoms with Crippen LogP contribution in [-0.4, -0.2) is 39.9 Å². The Hall–Kier alpha value is -2.41. The molecule has 0 saturated heterocycles. The maximum Gasteiger partial charge on any atom is 0.224 e.